The molecular formula is C16H21Cl2FN2O. The summed E-state index contributed by atoms with van der Waals surface area (Å²) in [4.78, 5) is 2.18. The van der Waals surface area contributed by atoms with Crippen LogP contribution in [0.15, 0.2) is 36.4 Å². The third-order valence-electron chi connectivity index (χ3n) is 4.03. The zero-order chi connectivity index (χ0) is 13.9. The highest BCUT2D eigenvalue weighted by atomic mass is 35.5. The molecule has 2 aromatic rings. The summed E-state index contributed by atoms with van der Waals surface area (Å²) in [6.45, 7) is 3.08. The number of fused-ring (bicyclic) bond motifs is 1. The summed E-state index contributed by atoms with van der Waals surface area (Å²) < 4.78 is 13.6. The molecule has 1 atom stereocenters. The van der Waals surface area contributed by atoms with Gasteiger partial charge in [-0.3, -0.25) is 4.90 Å². The molecule has 0 saturated carbocycles. The lowest BCUT2D eigenvalue weighted by Gasteiger charge is -2.34. The third-order valence-corrected chi connectivity index (χ3v) is 4.03. The average Bonchev–Trinajstić information content (AvgIpc) is 2.52. The normalized spacial score (nSPS) is 16.6. The zero-order valence-electron chi connectivity index (χ0n) is 12.2. The van der Waals surface area contributed by atoms with E-state index >= 15 is 0 Å². The van der Waals surface area contributed by atoms with E-state index in [4.69, 9.17) is 0 Å². The molecule has 0 spiro atoms. The molecule has 122 valence electrons. The van der Waals surface area contributed by atoms with E-state index in [2.05, 4.69) is 10.2 Å². The topological polar surface area (TPSA) is 35.5 Å². The Bertz CT molecular complexity index is 606. The van der Waals surface area contributed by atoms with Crippen molar-refractivity contribution in [2.24, 2.45) is 0 Å². The van der Waals surface area contributed by atoms with Crippen molar-refractivity contribution in [1.29, 1.82) is 0 Å². The van der Waals surface area contributed by atoms with Gasteiger partial charge < -0.3 is 10.4 Å². The number of nitrogens with zero attached hydrogens (tertiary/aromatic N) is 1. The quantitative estimate of drug-likeness (QED) is 0.894. The maximum atomic E-state index is 13.6. The van der Waals surface area contributed by atoms with E-state index < -0.39 is 6.67 Å². The van der Waals surface area contributed by atoms with E-state index in [-0.39, 0.29) is 36.6 Å². The van der Waals surface area contributed by atoms with Crippen LogP contribution < -0.4 is 5.32 Å². The number of piperazine rings is 1. The van der Waals surface area contributed by atoms with Gasteiger partial charge in [-0.1, -0.05) is 30.3 Å². The van der Waals surface area contributed by atoms with Gasteiger partial charge in [-0.25, -0.2) is 4.39 Å². The van der Waals surface area contributed by atoms with Gasteiger partial charge in [-0.15, -0.1) is 24.8 Å². The number of rotatable bonds is 3. The molecule has 2 aromatic carbocycles. The summed E-state index contributed by atoms with van der Waals surface area (Å²) in [6.07, 6.45) is 0. The third kappa shape index (κ3) is 3.63. The molecule has 0 radical (unpaired) electrons. The lowest BCUT2D eigenvalue weighted by molar-refractivity contribution is 0.148. The second kappa shape index (κ2) is 8.53. The Balaban J connectivity index is 0.00000121. The number of phenolic OH excluding ortho intramolecular Hbond substituents is 1. The van der Waals surface area contributed by atoms with Crippen molar-refractivity contribution in [2.75, 3.05) is 32.9 Å². The summed E-state index contributed by atoms with van der Waals surface area (Å²) in [5.41, 5.74) is 0.961. The van der Waals surface area contributed by atoms with Crippen molar-refractivity contribution in [3.05, 3.63) is 42.0 Å². The van der Waals surface area contributed by atoms with Crippen molar-refractivity contribution in [1.82, 2.24) is 10.2 Å². The first-order valence-corrected chi connectivity index (χ1v) is 7.02. The minimum atomic E-state index is -0.408. The fourth-order valence-corrected chi connectivity index (χ4v) is 2.97. The SMILES string of the molecule is Cl.Cl.Oc1ccc([C@H](CF)N2CCNCC2)c2ccccc12. The second-order valence-corrected chi connectivity index (χ2v) is 5.18. The Labute approximate surface area is 142 Å². The Morgan fingerprint density at radius 1 is 1.05 bits per heavy atom. The molecule has 0 bridgehead atoms. The summed E-state index contributed by atoms with van der Waals surface area (Å²) in [7, 11) is 0. The minimum Gasteiger partial charge on any atom is -0.507 e. The first-order valence-electron chi connectivity index (χ1n) is 7.02. The molecule has 1 heterocycles. The van der Waals surface area contributed by atoms with Crippen LogP contribution in [0.25, 0.3) is 10.8 Å². The van der Waals surface area contributed by atoms with Crippen molar-refractivity contribution in [2.45, 2.75) is 6.04 Å². The molecule has 1 aliphatic heterocycles. The first-order chi connectivity index (χ1) is 9.81. The molecule has 2 N–H and O–H groups in total. The van der Waals surface area contributed by atoms with Crippen LogP contribution >= 0.6 is 24.8 Å². The van der Waals surface area contributed by atoms with Gasteiger partial charge in [0.25, 0.3) is 0 Å². The molecule has 0 aromatic heterocycles. The molecule has 3 rings (SSSR count). The monoisotopic (exact) mass is 346 g/mol. The van der Waals surface area contributed by atoms with Crippen LogP contribution in [0, 0.1) is 0 Å². The number of nitrogens with one attached hydrogen (secondary N) is 1. The maximum Gasteiger partial charge on any atom is 0.123 e. The van der Waals surface area contributed by atoms with E-state index in [1.165, 1.54) is 0 Å². The molecule has 1 fully saturated rings. The number of phenols is 1. The molecule has 22 heavy (non-hydrogen) atoms. The van der Waals surface area contributed by atoms with Crippen molar-refractivity contribution < 1.29 is 9.50 Å². The van der Waals surface area contributed by atoms with Gasteiger partial charge in [-0.2, -0.15) is 0 Å². The minimum absolute atomic E-state index is 0. The van der Waals surface area contributed by atoms with E-state index in [0.29, 0.717) is 0 Å². The highest BCUT2D eigenvalue weighted by molar-refractivity contribution is 5.91. The Morgan fingerprint density at radius 2 is 1.68 bits per heavy atom. The van der Waals surface area contributed by atoms with E-state index in [1.807, 2.05) is 30.3 Å². The first kappa shape index (κ1) is 19.0. The largest absolute Gasteiger partial charge is 0.507 e. The van der Waals surface area contributed by atoms with Gasteiger partial charge in [0.1, 0.15) is 12.4 Å². The van der Waals surface area contributed by atoms with Crippen LogP contribution in [-0.4, -0.2) is 42.9 Å². The molecule has 1 saturated heterocycles. The predicted molar refractivity (Wildman–Crippen MR) is 93.3 cm³/mol. The number of hydrogen-bond acceptors (Lipinski definition) is 3. The van der Waals surface area contributed by atoms with Crippen LogP contribution in [0.3, 0.4) is 0 Å². The van der Waals surface area contributed by atoms with Crippen LogP contribution in [0.5, 0.6) is 5.75 Å². The van der Waals surface area contributed by atoms with Crippen molar-refractivity contribution >= 4 is 35.6 Å². The lowest BCUT2D eigenvalue weighted by Crippen LogP contribution is -2.45. The summed E-state index contributed by atoms with van der Waals surface area (Å²) in [5, 5.41) is 15.0. The molecule has 0 aliphatic carbocycles. The van der Waals surface area contributed by atoms with Gasteiger partial charge in [0.2, 0.25) is 0 Å². The molecule has 3 nitrogen and oxygen atoms in total. The molecule has 0 unspecified atom stereocenters. The molecule has 0 amide bonds. The summed E-state index contributed by atoms with van der Waals surface area (Å²) >= 11 is 0. The van der Waals surface area contributed by atoms with Gasteiger partial charge in [0.05, 0.1) is 6.04 Å². The molecule has 1 aliphatic rings. The highest BCUT2D eigenvalue weighted by Gasteiger charge is 2.24. The fourth-order valence-electron chi connectivity index (χ4n) is 2.97. The van der Waals surface area contributed by atoms with Crippen molar-refractivity contribution in [3.63, 3.8) is 0 Å². The Kier molecular flexibility index (Phi) is 7.36. The number of alkyl halides is 1. The van der Waals surface area contributed by atoms with Gasteiger partial charge in [0.15, 0.2) is 0 Å². The smallest absolute Gasteiger partial charge is 0.123 e. The summed E-state index contributed by atoms with van der Waals surface area (Å²) in [6, 6.07) is 10.9. The standard InChI is InChI=1S/C16H19FN2O.2ClH/c17-11-15(19-9-7-18-8-10-19)13-5-6-16(20)14-4-2-1-3-12(13)14;;/h1-6,15,18,20H,7-11H2;2*1H/t15-;;/m0../s1. The van der Waals surface area contributed by atoms with Crippen LogP contribution in [0.2, 0.25) is 0 Å². The zero-order valence-corrected chi connectivity index (χ0v) is 13.8. The number of hydrogen-bond donors (Lipinski definition) is 2. The van der Waals surface area contributed by atoms with Gasteiger partial charge in [-0.05, 0) is 17.0 Å². The van der Waals surface area contributed by atoms with E-state index in [0.717, 1.165) is 42.5 Å². The van der Waals surface area contributed by atoms with Gasteiger partial charge >= 0.3 is 0 Å². The predicted octanol–water partition coefficient (Wildman–Crippen LogP) is 3.30. The Morgan fingerprint density at radius 3 is 2.32 bits per heavy atom. The maximum absolute atomic E-state index is 13.6. The average molecular weight is 347 g/mol. The summed E-state index contributed by atoms with van der Waals surface area (Å²) in [5.74, 6) is 0.252. The number of halogens is 3. The van der Waals surface area contributed by atoms with E-state index in [9.17, 15) is 9.50 Å². The molecular weight excluding hydrogens is 326 g/mol. The Hall–Kier alpha value is -1.07. The lowest BCUT2D eigenvalue weighted by atomic mass is 9.97. The van der Waals surface area contributed by atoms with Gasteiger partial charge in [0, 0.05) is 31.6 Å². The van der Waals surface area contributed by atoms with Crippen LogP contribution in [0.4, 0.5) is 4.39 Å². The number of benzene rings is 2. The van der Waals surface area contributed by atoms with Crippen molar-refractivity contribution in [3.8, 4) is 5.75 Å². The fraction of sp³-hybridized carbons (Fsp3) is 0.375. The molecule has 6 heteroatoms. The van der Waals surface area contributed by atoms with E-state index in [1.54, 1.807) is 6.07 Å². The second-order valence-electron chi connectivity index (χ2n) is 5.18. The highest BCUT2D eigenvalue weighted by Crippen LogP contribution is 2.33. The van der Waals surface area contributed by atoms with Crippen LogP contribution in [-0.2, 0) is 0 Å². The number of aromatic hydroxyl groups is 1. The van der Waals surface area contributed by atoms with Crippen LogP contribution in [0.1, 0.15) is 11.6 Å².